The molecule has 0 saturated carbocycles. The number of nitrogens with one attached hydrogen (secondary N) is 1. The van der Waals surface area contributed by atoms with Crippen molar-refractivity contribution in [2.75, 3.05) is 18.9 Å². The molecule has 0 radical (unpaired) electrons. The molecule has 0 amide bonds. The summed E-state index contributed by atoms with van der Waals surface area (Å²) < 4.78 is 41.8. The Morgan fingerprint density at radius 3 is 2.42 bits per heavy atom. The molecule has 1 N–H and O–H groups in total. The standard InChI is InChI=1S/C23H23ClN4O4S/c1-13-8-19(21(32-5)11-18(13)24)27-33(29,30)22-10-16(6-7-20(22)31-4)17-12-25-28-15(3)9-14(2)26-23(17)28/h6-12,27H,1-5H3. The van der Waals surface area contributed by atoms with Gasteiger partial charge in [-0.1, -0.05) is 17.7 Å². The van der Waals surface area contributed by atoms with Gasteiger partial charge in [0, 0.05) is 28.0 Å². The number of aromatic nitrogens is 3. The summed E-state index contributed by atoms with van der Waals surface area (Å²) in [5.41, 5.74) is 4.74. The molecule has 0 aliphatic rings. The number of ether oxygens (including phenoxy) is 2. The molecular weight excluding hydrogens is 464 g/mol. The first kappa shape index (κ1) is 22.9. The van der Waals surface area contributed by atoms with Crippen molar-refractivity contribution < 1.29 is 17.9 Å². The number of hydrogen-bond acceptors (Lipinski definition) is 6. The normalized spacial score (nSPS) is 11.6. The topological polar surface area (TPSA) is 94.8 Å². The van der Waals surface area contributed by atoms with E-state index in [9.17, 15) is 8.42 Å². The number of sulfonamides is 1. The van der Waals surface area contributed by atoms with E-state index in [0.29, 0.717) is 33.1 Å². The number of halogens is 1. The molecule has 4 rings (SSSR count). The zero-order chi connectivity index (χ0) is 23.9. The van der Waals surface area contributed by atoms with Crippen molar-refractivity contribution in [1.82, 2.24) is 14.6 Å². The molecule has 0 saturated heterocycles. The maximum atomic E-state index is 13.4. The molecule has 0 aliphatic heterocycles. The van der Waals surface area contributed by atoms with Gasteiger partial charge in [0.15, 0.2) is 5.65 Å². The van der Waals surface area contributed by atoms with Gasteiger partial charge in [0.25, 0.3) is 10.0 Å². The van der Waals surface area contributed by atoms with Crippen LogP contribution in [0.2, 0.25) is 5.02 Å². The fourth-order valence-electron chi connectivity index (χ4n) is 3.64. The minimum absolute atomic E-state index is 0.0270. The van der Waals surface area contributed by atoms with E-state index in [2.05, 4.69) is 14.8 Å². The molecule has 0 unspecified atom stereocenters. The van der Waals surface area contributed by atoms with Crippen LogP contribution in [-0.4, -0.2) is 37.2 Å². The van der Waals surface area contributed by atoms with Crippen LogP contribution in [0.5, 0.6) is 11.5 Å². The van der Waals surface area contributed by atoms with Gasteiger partial charge in [0.1, 0.15) is 16.4 Å². The Morgan fingerprint density at radius 2 is 1.73 bits per heavy atom. The lowest BCUT2D eigenvalue weighted by Crippen LogP contribution is -2.15. The first-order valence-electron chi connectivity index (χ1n) is 10.0. The third-order valence-corrected chi connectivity index (χ3v) is 7.06. The Morgan fingerprint density at radius 1 is 1.00 bits per heavy atom. The van der Waals surface area contributed by atoms with Crippen LogP contribution >= 0.6 is 11.6 Å². The van der Waals surface area contributed by atoms with E-state index in [-0.39, 0.29) is 16.3 Å². The van der Waals surface area contributed by atoms with Gasteiger partial charge in [-0.3, -0.25) is 4.72 Å². The summed E-state index contributed by atoms with van der Waals surface area (Å²) in [7, 11) is -1.18. The smallest absolute Gasteiger partial charge is 0.265 e. The van der Waals surface area contributed by atoms with Crippen molar-refractivity contribution in [2.24, 2.45) is 0 Å². The van der Waals surface area contributed by atoms with E-state index in [1.807, 2.05) is 19.9 Å². The zero-order valence-electron chi connectivity index (χ0n) is 18.8. The Labute approximate surface area is 197 Å². The van der Waals surface area contributed by atoms with Gasteiger partial charge in [0.05, 0.1) is 26.1 Å². The van der Waals surface area contributed by atoms with Crippen LogP contribution in [-0.2, 0) is 10.0 Å². The van der Waals surface area contributed by atoms with Crippen LogP contribution in [0.3, 0.4) is 0 Å². The highest BCUT2D eigenvalue weighted by atomic mass is 35.5. The minimum atomic E-state index is -4.05. The highest BCUT2D eigenvalue weighted by Crippen LogP contribution is 2.36. The average Bonchev–Trinajstić information content (AvgIpc) is 3.19. The van der Waals surface area contributed by atoms with Crippen molar-refractivity contribution in [2.45, 2.75) is 25.7 Å². The molecule has 0 bridgehead atoms. The quantitative estimate of drug-likeness (QED) is 0.421. The third kappa shape index (κ3) is 4.21. The molecule has 0 atom stereocenters. The molecule has 0 spiro atoms. The van der Waals surface area contributed by atoms with E-state index >= 15 is 0 Å². The second-order valence-corrected chi connectivity index (χ2v) is 9.66. The molecule has 0 aliphatic carbocycles. The lowest BCUT2D eigenvalue weighted by atomic mass is 10.1. The van der Waals surface area contributed by atoms with Crippen molar-refractivity contribution in [3.63, 3.8) is 0 Å². The number of rotatable bonds is 6. The second kappa shape index (κ2) is 8.57. The Balaban J connectivity index is 1.84. The largest absolute Gasteiger partial charge is 0.495 e. The van der Waals surface area contributed by atoms with Gasteiger partial charge in [-0.05, 0) is 56.2 Å². The van der Waals surface area contributed by atoms with Gasteiger partial charge in [-0.2, -0.15) is 5.10 Å². The van der Waals surface area contributed by atoms with Crippen LogP contribution < -0.4 is 14.2 Å². The molecule has 172 valence electrons. The summed E-state index contributed by atoms with van der Waals surface area (Å²) in [4.78, 5) is 4.56. The number of hydrogen-bond donors (Lipinski definition) is 1. The molecule has 33 heavy (non-hydrogen) atoms. The van der Waals surface area contributed by atoms with Crippen molar-refractivity contribution >= 4 is 33.0 Å². The second-order valence-electron chi connectivity index (χ2n) is 7.61. The monoisotopic (exact) mass is 486 g/mol. The van der Waals surface area contributed by atoms with Gasteiger partial charge >= 0.3 is 0 Å². The zero-order valence-corrected chi connectivity index (χ0v) is 20.4. The van der Waals surface area contributed by atoms with Crippen molar-refractivity contribution in [1.29, 1.82) is 0 Å². The van der Waals surface area contributed by atoms with Crippen molar-refractivity contribution in [3.05, 3.63) is 64.6 Å². The molecule has 10 heteroatoms. The predicted molar refractivity (Wildman–Crippen MR) is 128 cm³/mol. The summed E-state index contributed by atoms with van der Waals surface area (Å²) in [5, 5.41) is 4.88. The van der Waals surface area contributed by atoms with Crippen molar-refractivity contribution in [3.8, 4) is 22.6 Å². The maximum absolute atomic E-state index is 13.4. The van der Waals surface area contributed by atoms with Crippen LogP contribution in [0.25, 0.3) is 16.8 Å². The maximum Gasteiger partial charge on any atom is 0.265 e. The van der Waals surface area contributed by atoms with E-state index in [1.165, 1.54) is 14.2 Å². The fraction of sp³-hybridized carbons (Fsp3) is 0.217. The average molecular weight is 487 g/mol. The van der Waals surface area contributed by atoms with E-state index in [0.717, 1.165) is 11.4 Å². The highest BCUT2D eigenvalue weighted by molar-refractivity contribution is 7.92. The molecule has 2 heterocycles. The Hall–Kier alpha value is -3.30. The first-order valence-corrected chi connectivity index (χ1v) is 11.9. The molecule has 4 aromatic rings. The summed E-state index contributed by atoms with van der Waals surface area (Å²) >= 11 is 6.16. The van der Waals surface area contributed by atoms with Gasteiger partial charge in [-0.15, -0.1) is 0 Å². The lowest BCUT2D eigenvalue weighted by molar-refractivity contribution is 0.403. The number of fused-ring (bicyclic) bond motifs is 1. The third-order valence-electron chi connectivity index (χ3n) is 5.27. The Kier molecular flexibility index (Phi) is 5.94. The van der Waals surface area contributed by atoms with E-state index in [4.69, 9.17) is 21.1 Å². The van der Waals surface area contributed by atoms with Crippen LogP contribution in [0, 0.1) is 20.8 Å². The lowest BCUT2D eigenvalue weighted by Gasteiger charge is -2.16. The Bertz CT molecular complexity index is 1480. The number of methoxy groups -OCH3 is 2. The molecule has 2 aromatic heterocycles. The van der Waals surface area contributed by atoms with Gasteiger partial charge in [-0.25, -0.2) is 17.9 Å². The summed E-state index contributed by atoms with van der Waals surface area (Å²) in [5.74, 6) is 0.509. The van der Waals surface area contributed by atoms with Crippen LogP contribution in [0.4, 0.5) is 5.69 Å². The molecule has 8 nitrogen and oxygen atoms in total. The summed E-state index contributed by atoms with van der Waals surface area (Å²) in [6.07, 6.45) is 1.67. The SMILES string of the molecule is COc1cc(Cl)c(C)cc1NS(=O)(=O)c1cc(-c2cnn3c(C)cc(C)nc23)ccc1OC. The molecule has 2 aromatic carbocycles. The number of aryl methyl sites for hydroxylation is 3. The summed E-state index contributed by atoms with van der Waals surface area (Å²) in [6, 6.07) is 10.1. The van der Waals surface area contributed by atoms with Crippen LogP contribution in [0.1, 0.15) is 17.0 Å². The summed E-state index contributed by atoms with van der Waals surface area (Å²) in [6.45, 7) is 5.62. The van der Waals surface area contributed by atoms with Gasteiger partial charge < -0.3 is 9.47 Å². The van der Waals surface area contributed by atoms with E-state index in [1.54, 1.807) is 48.0 Å². The number of nitrogens with zero attached hydrogens (tertiary/aromatic N) is 3. The fourth-order valence-corrected chi connectivity index (χ4v) is 5.05. The molecule has 0 fully saturated rings. The predicted octanol–water partition coefficient (Wildman–Crippen LogP) is 4.79. The number of anilines is 1. The highest BCUT2D eigenvalue weighted by Gasteiger charge is 2.24. The van der Waals surface area contributed by atoms with E-state index < -0.39 is 10.0 Å². The molecular formula is C23H23ClN4O4S. The van der Waals surface area contributed by atoms with Crippen LogP contribution in [0.15, 0.2) is 47.5 Å². The van der Waals surface area contributed by atoms with Gasteiger partial charge in [0.2, 0.25) is 0 Å². The minimum Gasteiger partial charge on any atom is -0.495 e. The first-order chi connectivity index (χ1) is 15.6. The number of benzene rings is 2.